The highest BCUT2D eigenvalue weighted by molar-refractivity contribution is 6.11. The van der Waals surface area contributed by atoms with Gasteiger partial charge in [-0.15, -0.1) is 23.3 Å². The van der Waals surface area contributed by atoms with Crippen molar-refractivity contribution in [3.8, 4) is 11.1 Å². The Labute approximate surface area is 196 Å². The zero-order chi connectivity index (χ0) is 23.3. The number of rotatable bonds is 3. The summed E-state index contributed by atoms with van der Waals surface area (Å²) >= 11 is 0. The Kier molecular flexibility index (Phi) is 5.05. The number of hydrogen-bond donors (Lipinski definition) is 0. The minimum atomic E-state index is 0.209. The van der Waals surface area contributed by atoms with Gasteiger partial charge in [0.25, 0.3) is 5.58 Å². The lowest BCUT2D eigenvalue weighted by Crippen LogP contribution is -2.19. The van der Waals surface area contributed by atoms with Gasteiger partial charge in [-0.3, -0.25) is 4.42 Å². The van der Waals surface area contributed by atoms with Crippen LogP contribution < -0.4 is 0 Å². The summed E-state index contributed by atoms with van der Waals surface area (Å²) in [4.78, 5) is 0. The zero-order valence-electron chi connectivity index (χ0n) is 20.2. The van der Waals surface area contributed by atoms with Crippen molar-refractivity contribution < 1.29 is 8.99 Å². The monoisotopic (exact) mass is 433 g/mol. The van der Waals surface area contributed by atoms with Crippen LogP contribution >= 0.6 is 0 Å². The molecular formula is C31H31NO. The number of hydrogen-bond acceptors (Lipinski definition) is 0. The van der Waals surface area contributed by atoms with Gasteiger partial charge in [0, 0.05) is 12.1 Å². The minimum absolute atomic E-state index is 0.209. The standard InChI is InChI=1S/C31H31NO/c1-20-15-16-26-25-14-10-13-24(22-11-8-7-9-12-22)29(25)33-30(26)28(20)27-17-23(18-31(3,4)5)21(2)19-32(27)6/h7-17,19H,6,18H2,1-5H3. The summed E-state index contributed by atoms with van der Waals surface area (Å²) in [5, 5.41) is 2.28. The topological polar surface area (TPSA) is 14.3 Å². The summed E-state index contributed by atoms with van der Waals surface area (Å²) in [5.74, 6) is 0. The van der Waals surface area contributed by atoms with Crippen LogP contribution in [0.4, 0.5) is 0 Å². The van der Waals surface area contributed by atoms with Crippen LogP contribution in [0.25, 0.3) is 33.1 Å². The molecule has 1 aromatic heterocycles. The maximum Gasteiger partial charge on any atom is 0.352 e. The molecule has 3 aromatic carbocycles. The van der Waals surface area contributed by atoms with E-state index < -0.39 is 0 Å². The fourth-order valence-corrected chi connectivity index (χ4v) is 4.85. The molecule has 4 aromatic rings. The van der Waals surface area contributed by atoms with Crippen LogP contribution in [0.3, 0.4) is 0 Å². The summed E-state index contributed by atoms with van der Waals surface area (Å²) in [7, 11) is 0. The number of para-hydroxylation sites is 1. The first-order valence-corrected chi connectivity index (χ1v) is 11.6. The summed E-state index contributed by atoms with van der Waals surface area (Å²) in [6.45, 7) is 15.5. The SMILES string of the molecule is C=[N+]1C=C(C)C(CC(C)(C)C)=C[C-]1c1c(C)ccc2c3cccc(-c4ccccc4)c3[o+][c-]12. The Morgan fingerprint density at radius 2 is 1.70 bits per heavy atom. The van der Waals surface area contributed by atoms with Crippen molar-refractivity contribution >= 4 is 28.7 Å². The second kappa shape index (κ2) is 7.81. The normalized spacial score (nSPS) is 14.7. The molecular weight excluding hydrogens is 402 g/mol. The molecule has 5 rings (SSSR count). The third-order valence-corrected chi connectivity index (χ3v) is 6.41. The fraction of sp³-hybridized carbons (Fsp3) is 0.226. The number of benzene rings is 3. The number of allylic oxidation sites excluding steroid dienone is 2. The van der Waals surface area contributed by atoms with Crippen LogP contribution in [0.1, 0.15) is 45.2 Å². The van der Waals surface area contributed by atoms with Crippen LogP contribution in [0.2, 0.25) is 0 Å². The van der Waals surface area contributed by atoms with Gasteiger partial charge < -0.3 is 4.58 Å². The first kappa shape index (κ1) is 21.3. The Hall–Kier alpha value is -3.52. The van der Waals surface area contributed by atoms with Crippen molar-refractivity contribution in [3.63, 3.8) is 0 Å². The van der Waals surface area contributed by atoms with Gasteiger partial charge in [-0.1, -0.05) is 89.1 Å². The van der Waals surface area contributed by atoms with E-state index in [1.807, 2.05) is 10.6 Å². The summed E-state index contributed by atoms with van der Waals surface area (Å²) in [5.41, 5.74) is 9.28. The van der Waals surface area contributed by atoms with Crippen LogP contribution in [0.5, 0.6) is 0 Å². The van der Waals surface area contributed by atoms with Gasteiger partial charge in [-0.05, 0) is 28.7 Å². The molecule has 1 aliphatic heterocycles. The molecule has 0 radical (unpaired) electrons. The fourth-order valence-electron chi connectivity index (χ4n) is 4.85. The minimum Gasteiger partial charge on any atom is -0.336 e. The smallest absolute Gasteiger partial charge is 0.336 e. The van der Waals surface area contributed by atoms with Crippen molar-refractivity contribution in [2.24, 2.45) is 5.41 Å². The Morgan fingerprint density at radius 1 is 0.939 bits per heavy atom. The van der Waals surface area contributed by atoms with Crippen LogP contribution in [0.15, 0.2) is 88.5 Å². The molecule has 1 aliphatic rings. The third kappa shape index (κ3) is 3.80. The lowest BCUT2D eigenvalue weighted by atomic mass is 9.83. The lowest BCUT2D eigenvalue weighted by molar-refractivity contribution is -0.419. The second-order valence-electron chi connectivity index (χ2n) is 10.4. The molecule has 0 fully saturated rings. The van der Waals surface area contributed by atoms with Gasteiger partial charge in [0.1, 0.15) is 0 Å². The molecule has 2 heteroatoms. The van der Waals surface area contributed by atoms with Crippen LogP contribution in [-0.4, -0.2) is 11.3 Å². The van der Waals surface area contributed by atoms with E-state index in [9.17, 15) is 0 Å². The predicted octanol–water partition coefficient (Wildman–Crippen LogP) is 8.43. The molecule has 0 saturated carbocycles. The van der Waals surface area contributed by atoms with E-state index in [0.29, 0.717) is 0 Å². The van der Waals surface area contributed by atoms with Gasteiger partial charge >= 0.3 is 5.58 Å². The molecule has 2 heterocycles. The van der Waals surface area contributed by atoms with Crippen LogP contribution in [-0.2, 0) is 0 Å². The summed E-state index contributed by atoms with van der Waals surface area (Å²) in [6, 6.07) is 22.3. The average molecular weight is 434 g/mol. The highest BCUT2D eigenvalue weighted by atomic mass is 16.3. The van der Waals surface area contributed by atoms with E-state index in [2.05, 4.69) is 108 Å². The van der Waals surface area contributed by atoms with E-state index in [4.69, 9.17) is 4.42 Å². The molecule has 0 spiro atoms. The molecule has 166 valence electrons. The Balaban J connectivity index is 1.74. The maximum atomic E-state index is 6.69. The molecule has 0 aliphatic carbocycles. The highest BCUT2D eigenvalue weighted by Crippen LogP contribution is 2.42. The summed E-state index contributed by atoms with van der Waals surface area (Å²) in [6.07, 6.45) is 5.47. The molecule has 0 N–H and O–H groups in total. The highest BCUT2D eigenvalue weighted by Gasteiger charge is 2.27. The number of fused-ring (bicyclic) bond motifs is 3. The number of nitrogens with zero attached hydrogens (tertiary/aromatic N) is 1. The van der Waals surface area contributed by atoms with Crippen molar-refractivity contribution in [1.29, 1.82) is 0 Å². The van der Waals surface area contributed by atoms with Crippen molar-refractivity contribution in [2.75, 3.05) is 0 Å². The molecule has 0 atom stereocenters. The van der Waals surface area contributed by atoms with E-state index in [1.165, 1.54) is 16.7 Å². The maximum absolute atomic E-state index is 6.69. The van der Waals surface area contributed by atoms with E-state index >= 15 is 0 Å². The van der Waals surface area contributed by atoms with Crippen LogP contribution in [0, 0.1) is 18.4 Å². The van der Waals surface area contributed by atoms with E-state index in [-0.39, 0.29) is 5.41 Å². The molecule has 0 unspecified atom stereocenters. The first-order chi connectivity index (χ1) is 15.7. The van der Waals surface area contributed by atoms with E-state index in [1.54, 1.807) is 0 Å². The van der Waals surface area contributed by atoms with Gasteiger partial charge in [-0.25, -0.2) is 0 Å². The molecule has 33 heavy (non-hydrogen) atoms. The third-order valence-electron chi connectivity index (χ3n) is 6.41. The van der Waals surface area contributed by atoms with Gasteiger partial charge in [0.05, 0.1) is 23.2 Å². The lowest BCUT2D eigenvalue weighted by Gasteiger charge is -2.32. The van der Waals surface area contributed by atoms with Crippen molar-refractivity contribution in [1.82, 2.24) is 0 Å². The Morgan fingerprint density at radius 3 is 2.42 bits per heavy atom. The average Bonchev–Trinajstić information content (AvgIpc) is 3.14. The van der Waals surface area contributed by atoms with Crippen molar-refractivity contribution in [3.05, 3.63) is 101 Å². The van der Waals surface area contributed by atoms with Gasteiger partial charge in [0.2, 0.25) is 0 Å². The number of aryl methyl sites for hydroxylation is 1. The first-order valence-electron chi connectivity index (χ1n) is 11.6. The van der Waals surface area contributed by atoms with Gasteiger partial charge in [0.15, 0.2) is 0 Å². The molecule has 0 amide bonds. The quantitative estimate of drug-likeness (QED) is 0.180. The molecule has 0 saturated heterocycles. The zero-order valence-corrected chi connectivity index (χ0v) is 20.2. The molecule has 2 nitrogen and oxygen atoms in total. The van der Waals surface area contributed by atoms with Crippen molar-refractivity contribution in [2.45, 2.75) is 41.0 Å². The summed E-state index contributed by atoms with van der Waals surface area (Å²) < 4.78 is 8.68. The number of furan rings is 1. The molecule has 0 bridgehead atoms. The van der Waals surface area contributed by atoms with Gasteiger partial charge in [-0.2, -0.15) is 0 Å². The second-order valence-corrected chi connectivity index (χ2v) is 10.4. The predicted molar refractivity (Wildman–Crippen MR) is 140 cm³/mol. The van der Waals surface area contributed by atoms with E-state index in [0.717, 1.165) is 51.1 Å². The largest absolute Gasteiger partial charge is 0.352 e. The Bertz CT molecular complexity index is 1440.